The smallest absolute Gasteiger partial charge is 0.277 e. The molecule has 0 heterocycles. The van der Waals surface area contributed by atoms with Crippen molar-refractivity contribution in [3.05, 3.63) is 0 Å². The molecule has 1 unspecified atom stereocenters. The van der Waals surface area contributed by atoms with Crippen LogP contribution in [0.5, 0.6) is 0 Å². The second-order valence-electron chi connectivity index (χ2n) is 6.15. The van der Waals surface area contributed by atoms with Crippen molar-refractivity contribution in [1.82, 2.24) is 5.32 Å². The first-order valence-corrected chi connectivity index (χ1v) is 10.3. The summed E-state index contributed by atoms with van der Waals surface area (Å²) in [5.41, 5.74) is 4.89. The first-order chi connectivity index (χ1) is 11.3. The van der Waals surface area contributed by atoms with Gasteiger partial charge in [0.1, 0.15) is 0 Å². The number of rotatable bonds is 15. The van der Waals surface area contributed by atoms with Crippen molar-refractivity contribution in [3.63, 3.8) is 0 Å². The minimum atomic E-state index is -4.64. The summed E-state index contributed by atoms with van der Waals surface area (Å²) in [7, 11) is -4.64. The van der Waals surface area contributed by atoms with Crippen LogP contribution in [0.4, 0.5) is 0 Å². The van der Waals surface area contributed by atoms with Gasteiger partial charge < -0.3 is 11.1 Å². The molecular formula is C16H32N2Na2O5S. The Kier molecular flexibility index (Phi) is 23.3. The fourth-order valence-corrected chi connectivity index (χ4v) is 3.18. The Morgan fingerprint density at radius 2 is 1.35 bits per heavy atom. The molecule has 0 aliphatic carbocycles. The minimum Gasteiger partial charge on any atom is -0.370 e. The quantitative estimate of drug-likeness (QED) is 0.214. The Hall–Kier alpha value is 0.850. The van der Waals surface area contributed by atoms with Crippen molar-refractivity contribution in [1.29, 1.82) is 0 Å². The van der Waals surface area contributed by atoms with Crippen LogP contribution in [0, 0.1) is 0 Å². The van der Waals surface area contributed by atoms with E-state index in [1.165, 1.54) is 38.5 Å². The number of carbonyl (C=O) groups excluding carboxylic acids is 2. The predicted octanol–water partition coefficient (Wildman–Crippen LogP) is 1.39. The second-order valence-corrected chi connectivity index (χ2v) is 7.75. The minimum absolute atomic E-state index is 0. The molecule has 144 valence electrons. The average molecular weight is 410 g/mol. The van der Waals surface area contributed by atoms with E-state index in [9.17, 15) is 18.0 Å². The summed E-state index contributed by atoms with van der Waals surface area (Å²) in [5.74, 6) is -1.83. The molecule has 2 radical (unpaired) electrons. The van der Waals surface area contributed by atoms with Crippen LogP contribution in [-0.2, 0) is 19.7 Å². The Bertz CT molecular complexity index is 475. The van der Waals surface area contributed by atoms with Crippen LogP contribution in [0.15, 0.2) is 0 Å². The van der Waals surface area contributed by atoms with E-state index in [4.69, 9.17) is 10.3 Å². The summed E-state index contributed by atoms with van der Waals surface area (Å²) < 4.78 is 31.2. The standard InChI is InChI=1S/C16H32N2O5S.2Na/c1-2-3-4-5-6-7-8-9-10-11-12-18-16(20)14(13-15(17)19)24(21,22)23;;/h14H,2-13H2,1H3,(H2,17,19)(H,18,20)(H,21,22,23);;. The van der Waals surface area contributed by atoms with Gasteiger partial charge in [-0.05, 0) is 6.42 Å². The van der Waals surface area contributed by atoms with Crippen molar-refractivity contribution in [3.8, 4) is 0 Å². The van der Waals surface area contributed by atoms with Crippen LogP contribution < -0.4 is 11.1 Å². The summed E-state index contributed by atoms with van der Waals surface area (Å²) in [6.07, 6.45) is 10.8. The van der Waals surface area contributed by atoms with Gasteiger partial charge in [0.25, 0.3) is 10.1 Å². The fraction of sp³-hybridized carbons (Fsp3) is 0.875. The van der Waals surface area contributed by atoms with Gasteiger partial charge in [0.05, 0.1) is 6.42 Å². The number of nitrogens with two attached hydrogens (primary N) is 1. The first kappa shape index (κ1) is 31.5. The third-order valence-electron chi connectivity index (χ3n) is 3.87. The van der Waals surface area contributed by atoms with Crippen LogP contribution in [0.3, 0.4) is 0 Å². The van der Waals surface area contributed by atoms with Gasteiger partial charge >= 0.3 is 0 Å². The molecule has 0 aliphatic heterocycles. The maximum atomic E-state index is 11.7. The number of nitrogens with one attached hydrogen (secondary N) is 1. The van der Waals surface area contributed by atoms with Crippen molar-refractivity contribution < 1.29 is 22.6 Å². The van der Waals surface area contributed by atoms with Crippen molar-refractivity contribution in [2.75, 3.05) is 6.54 Å². The summed E-state index contributed by atoms with van der Waals surface area (Å²) in [6, 6.07) is 0. The van der Waals surface area contributed by atoms with Crippen LogP contribution >= 0.6 is 0 Å². The van der Waals surface area contributed by atoms with Gasteiger partial charge in [0, 0.05) is 65.7 Å². The molecule has 0 aliphatic rings. The molecule has 0 aromatic rings. The van der Waals surface area contributed by atoms with Gasteiger partial charge in [-0.3, -0.25) is 14.1 Å². The van der Waals surface area contributed by atoms with Gasteiger partial charge in [-0.2, -0.15) is 8.42 Å². The van der Waals surface area contributed by atoms with E-state index >= 15 is 0 Å². The van der Waals surface area contributed by atoms with Crippen LogP contribution in [0.2, 0.25) is 0 Å². The largest absolute Gasteiger partial charge is 0.370 e. The number of hydrogen-bond acceptors (Lipinski definition) is 4. The number of carbonyl (C=O) groups is 2. The van der Waals surface area contributed by atoms with E-state index in [-0.39, 0.29) is 59.1 Å². The van der Waals surface area contributed by atoms with E-state index in [1.54, 1.807) is 0 Å². The Morgan fingerprint density at radius 1 is 0.923 bits per heavy atom. The Morgan fingerprint density at radius 3 is 1.73 bits per heavy atom. The summed E-state index contributed by atoms with van der Waals surface area (Å²) in [5, 5.41) is 0.613. The third-order valence-corrected chi connectivity index (χ3v) is 4.97. The van der Waals surface area contributed by atoms with E-state index < -0.39 is 33.6 Å². The molecule has 26 heavy (non-hydrogen) atoms. The molecule has 7 nitrogen and oxygen atoms in total. The number of unbranched alkanes of at least 4 members (excludes halogenated alkanes) is 9. The van der Waals surface area contributed by atoms with Gasteiger partial charge in [-0.1, -0.05) is 64.7 Å². The van der Waals surface area contributed by atoms with Crippen molar-refractivity contribution >= 4 is 81.0 Å². The number of hydrogen-bond donors (Lipinski definition) is 3. The Labute approximate surface area is 202 Å². The van der Waals surface area contributed by atoms with E-state index in [0.29, 0.717) is 6.54 Å². The van der Waals surface area contributed by atoms with Gasteiger partial charge in [-0.15, -0.1) is 0 Å². The molecule has 1 atom stereocenters. The maximum absolute atomic E-state index is 11.7. The van der Waals surface area contributed by atoms with Crippen molar-refractivity contribution in [2.45, 2.75) is 82.8 Å². The molecular weight excluding hydrogens is 378 g/mol. The van der Waals surface area contributed by atoms with Crippen molar-refractivity contribution in [2.24, 2.45) is 5.73 Å². The molecule has 0 spiro atoms. The topological polar surface area (TPSA) is 127 Å². The van der Waals surface area contributed by atoms with Gasteiger partial charge in [0.2, 0.25) is 11.8 Å². The molecule has 0 aromatic heterocycles. The van der Waals surface area contributed by atoms with E-state index in [1.807, 2.05) is 0 Å². The van der Waals surface area contributed by atoms with Crippen LogP contribution in [0.1, 0.15) is 77.6 Å². The molecule has 0 bridgehead atoms. The molecule has 0 fully saturated rings. The van der Waals surface area contributed by atoms with E-state index in [0.717, 1.165) is 25.7 Å². The van der Waals surface area contributed by atoms with E-state index in [2.05, 4.69) is 12.2 Å². The molecule has 4 N–H and O–H groups in total. The molecule has 0 rings (SSSR count). The predicted molar refractivity (Wildman–Crippen MR) is 106 cm³/mol. The monoisotopic (exact) mass is 410 g/mol. The zero-order valence-electron chi connectivity index (χ0n) is 16.6. The summed E-state index contributed by atoms with van der Waals surface area (Å²) in [4.78, 5) is 22.5. The van der Waals surface area contributed by atoms with Crippen LogP contribution in [-0.4, -0.2) is 95.7 Å². The molecule has 0 aromatic carbocycles. The third kappa shape index (κ3) is 18.2. The van der Waals surface area contributed by atoms with Gasteiger partial charge in [0.15, 0.2) is 5.25 Å². The van der Waals surface area contributed by atoms with Crippen LogP contribution in [0.25, 0.3) is 0 Å². The Balaban J connectivity index is -0.00000264. The molecule has 0 saturated heterocycles. The molecule has 0 saturated carbocycles. The fourth-order valence-electron chi connectivity index (χ4n) is 2.45. The summed E-state index contributed by atoms with van der Waals surface area (Å²) in [6.45, 7) is 2.52. The maximum Gasteiger partial charge on any atom is 0.277 e. The number of amides is 2. The average Bonchev–Trinajstić information content (AvgIpc) is 2.48. The zero-order valence-corrected chi connectivity index (χ0v) is 21.4. The molecule has 10 heteroatoms. The normalized spacial score (nSPS) is 11.8. The summed E-state index contributed by atoms with van der Waals surface area (Å²) >= 11 is 0. The van der Waals surface area contributed by atoms with Gasteiger partial charge in [-0.25, -0.2) is 0 Å². The first-order valence-electron chi connectivity index (χ1n) is 8.81. The zero-order chi connectivity index (χ0) is 18.4. The SMILES string of the molecule is CCCCCCCCCCCCNC(=O)C(CC(N)=O)S(=O)(=O)O.[Na].[Na]. The second kappa shape index (κ2) is 19.2. The number of primary amides is 1. The molecule has 2 amide bonds.